The van der Waals surface area contributed by atoms with Crippen molar-refractivity contribution in [3.8, 4) is 40.6 Å². The van der Waals surface area contributed by atoms with Crippen LogP contribution in [0.3, 0.4) is 0 Å². The number of ether oxygens (including phenoxy) is 6. The second-order valence-electron chi connectivity index (χ2n) is 8.02. The molecular weight excluding hydrogens is 464 g/mol. The van der Waals surface area contributed by atoms with Gasteiger partial charge >= 0.3 is 5.97 Å². The van der Waals surface area contributed by atoms with Crippen LogP contribution in [0.2, 0.25) is 0 Å². The Morgan fingerprint density at radius 1 is 0.972 bits per heavy atom. The van der Waals surface area contributed by atoms with Crippen molar-refractivity contribution in [2.24, 2.45) is 5.73 Å². The summed E-state index contributed by atoms with van der Waals surface area (Å²) in [6.45, 7) is 0.0240. The summed E-state index contributed by atoms with van der Waals surface area (Å²) in [5, 5.41) is 9.86. The molecular formula is C27H22N2O7. The number of nitriles is 1. The SMILES string of the molecule is COc1ccc(OC)c(C2C(C#N)=C(N)Oc3cc(OC(=O)C4COc5ccccc5O4)ccc32)c1. The molecule has 2 N–H and O–H groups in total. The number of nitrogens with two attached hydrogens (primary N) is 1. The van der Waals surface area contributed by atoms with Crippen LogP contribution in [0.1, 0.15) is 17.0 Å². The Hall–Kier alpha value is -4.84. The lowest BCUT2D eigenvalue weighted by molar-refractivity contribution is -0.144. The van der Waals surface area contributed by atoms with Crippen LogP contribution in [0.15, 0.2) is 72.1 Å². The van der Waals surface area contributed by atoms with E-state index in [4.69, 9.17) is 34.2 Å². The van der Waals surface area contributed by atoms with E-state index in [1.54, 1.807) is 68.8 Å². The zero-order valence-electron chi connectivity index (χ0n) is 19.5. The highest BCUT2D eigenvalue weighted by Crippen LogP contribution is 2.46. The summed E-state index contributed by atoms with van der Waals surface area (Å²) in [6.07, 6.45) is -0.930. The molecule has 0 aliphatic carbocycles. The van der Waals surface area contributed by atoms with Gasteiger partial charge in [-0.25, -0.2) is 4.79 Å². The first kappa shape index (κ1) is 22.9. The maximum atomic E-state index is 12.8. The number of para-hydroxylation sites is 2. The summed E-state index contributed by atoms with van der Waals surface area (Å²) < 4.78 is 33.6. The minimum Gasteiger partial charge on any atom is -0.497 e. The molecule has 2 aliphatic rings. The largest absolute Gasteiger partial charge is 0.497 e. The van der Waals surface area contributed by atoms with Crippen LogP contribution in [0, 0.1) is 11.3 Å². The summed E-state index contributed by atoms with van der Waals surface area (Å²) in [4.78, 5) is 12.8. The third kappa shape index (κ3) is 4.09. The molecule has 36 heavy (non-hydrogen) atoms. The Kier molecular flexibility index (Phi) is 6.00. The van der Waals surface area contributed by atoms with Gasteiger partial charge in [-0.15, -0.1) is 0 Å². The Bertz CT molecular complexity index is 1410. The van der Waals surface area contributed by atoms with E-state index in [0.717, 1.165) is 0 Å². The topological polar surface area (TPSA) is 122 Å². The maximum Gasteiger partial charge on any atom is 0.356 e. The number of hydrogen-bond donors (Lipinski definition) is 1. The Morgan fingerprint density at radius 3 is 2.50 bits per heavy atom. The normalized spacial score (nSPS) is 17.8. The second kappa shape index (κ2) is 9.43. The number of esters is 1. The molecule has 2 aliphatic heterocycles. The molecule has 0 saturated carbocycles. The van der Waals surface area contributed by atoms with Gasteiger partial charge in [0.15, 0.2) is 11.5 Å². The second-order valence-corrected chi connectivity index (χ2v) is 8.02. The molecule has 0 fully saturated rings. The molecule has 0 bridgehead atoms. The summed E-state index contributed by atoms with van der Waals surface area (Å²) in [6, 6.07) is 19.4. The first-order valence-electron chi connectivity index (χ1n) is 11.1. The van der Waals surface area contributed by atoms with Crippen LogP contribution >= 0.6 is 0 Å². The monoisotopic (exact) mass is 486 g/mol. The number of carbonyl (C=O) groups is 1. The van der Waals surface area contributed by atoms with Crippen molar-refractivity contribution in [3.05, 3.63) is 83.2 Å². The number of hydrogen-bond acceptors (Lipinski definition) is 9. The number of fused-ring (bicyclic) bond motifs is 2. The van der Waals surface area contributed by atoms with Crippen LogP contribution in [-0.2, 0) is 4.79 Å². The van der Waals surface area contributed by atoms with Gasteiger partial charge in [-0.3, -0.25) is 0 Å². The molecule has 2 atom stereocenters. The standard InChI is InChI=1S/C27H22N2O7/c1-31-15-8-10-20(32-2)18(11-15)25-17-9-7-16(12-23(17)36-26(29)19(25)13-28)34-27(30)24-14-33-21-5-3-4-6-22(21)35-24/h3-12,24-25H,14,29H2,1-2H3. The van der Waals surface area contributed by atoms with E-state index < -0.39 is 18.0 Å². The Balaban J connectivity index is 1.45. The summed E-state index contributed by atoms with van der Waals surface area (Å²) in [5.41, 5.74) is 7.68. The Morgan fingerprint density at radius 2 is 1.75 bits per heavy atom. The van der Waals surface area contributed by atoms with Gasteiger partial charge < -0.3 is 34.2 Å². The lowest BCUT2D eigenvalue weighted by atomic mass is 9.83. The van der Waals surface area contributed by atoms with Gasteiger partial charge in [0, 0.05) is 17.2 Å². The van der Waals surface area contributed by atoms with Crippen molar-refractivity contribution >= 4 is 5.97 Å². The highest BCUT2D eigenvalue weighted by atomic mass is 16.6. The molecule has 0 saturated heterocycles. The molecule has 9 nitrogen and oxygen atoms in total. The first-order valence-corrected chi connectivity index (χ1v) is 11.1. The van der Waals surface area contributed by atoms with Gasteiger partial charge in [0.1, 0.15) is 41.2 Å². The van der Waals surface area contributed by atoms with E-state index >= 15 is 0 Å². The van der Waals surface area contributed by atoms with E-state index in [0.29, 0.717) is 39.9 Å². The van der Waals surface area contributed by atoms with Crippen LogP contribution in [0.5, 0.6) is 34.5 Å². The zero-order valence-corrected chi connectivity index (χ0v) is 19.5. The Labute approximate surface area is 207 Å². The van der Waals surface area contributed by atoms with Crippen LogP contribution in [0.4, 0.5) is 0 Å². The molecule has 0 aromatic heterocycles. The molecule has 5 rings (SSSR count). The number of nitrogens with zero attached hydrogens (tertiary/aromatic N) is 1. The van der Waals surface area contributed by atoms with Gasteiger partial charge in [-0.1, -0.05) is 18.2 Å². The van der Waals surface area contributed by atoms with Gasteiger partial charge in [0.25, 0.3) is 0 Å². The van der Waals surface area contributed by atoms with Crippen molar-refractivity contribution in [3.63, 3.8) is 0 Å². The van der Waals surface area contributed by atoms with Crippen molar-refractivity contribution in [2.75, 3.05) is 20.8 Å². The molecule has 182 valence electrons. The third-order valence-electron chi connectivity index (χ3n) is 5.93. The average molecular weight is 486 g/mol. The summed E-state index contributed by atoms with van der Waals surface area (Å²) in [5.74, 6) is 1.51. The minimum absolute atomic E-state index is 0.0240. The highest BCUT2D eigenvalue weighted by Gasteiger charge is 2.34. The number of carbonyl (C=O) groups excluding carboxylic acids is 1. The van der Waals surface area contributed by atoms with Gasteiger partial charge in [0.2, 0.25) is 12.0 Å². The van der Waals surface area contributed by atoms with Crippen molar-refractivity contribution in [2.45, 2.75) is 12.0 Å². The van der Waals surface area contributed by atoms with Crippen LogP contribution in [-0.4, -0.2) is 32.9 Å². The zero-order chi connectivity index (χ0) is 25.2. The quantitative estimate of drug-likeness (QED) is 0.425. The fourth-order valence-electron chi connectivity index (χ4n) is 4.20. The fourth-order valence-corrected chi connectivity index (χ4v) is 4.20. The summed E-state index contributed by atoms with van der Waals surface area (Å²) in [7, 11) is 3.10. The molecule has 2 unspecified atom stereocenters. The van der Waals surface area contributed by atoms with Crippen LogP contribution in [0.25, 0.3) is 0 Å². The average Bonchev–Trinajstić information content (AvgIpc) is 2.91. The van der Waals surface area contributed by atoms with E-state index in [9.17, 15) is 10.1 Å². The van der Waals surface area contributed by atoms with Crippen molar-refractivity contribution in [1.29, 1.82) is 5.26 Å². The van der Waals surface area contributed by atoms with Crippen molar-refractivity contribution < 1.29 is 33.2 Å². The van der Waals surface area contributed by atoms with Gasteiger partial charge in [0.05, 0.1) is 20.1 Å². The highest BCUT2D eigenvalue weighted by molar-refractivity contribution is 5.78. The van der Waals surface area contributed by atoms with E-state index in [1.807, 2.05) is 6.07 Å². The van der Waals surface area contributed by atoms with Crippen molar-refractivity contribution in [1.82, 2.24) is 0 Å². The first-order chi connectivity index (χ1) is 17.5. The number of rotatable bonds is 5. The van der Waals surface area contributed by atoms with Crippen LogP contribution < -0.4 is 34.2 Å². The predicted molar refractivity (Wildman–Crippen MR) is 127 cm³/mol. The van der Waals surface area contributed by atoms with Gasteiger partial charge in [-0.05, 0) is 36.4 Å². The molecule has 9 heteroatoms. The number of allylic oxidation sites excluding steroid dienone is 1. The molecule has 3 aromatic rings. The lowest BCUT2D eigenvalue weighted by Crippen LogP contribution is -2.39. The molecule has 0 amide bonds. The fraction of sp³-hybridized carbons (Fsp3) is 0.185. The summed E-state index contributed by atoms with van der Waals surface area (Å²) >= 11 is 0. The number of methoxy groups -OCH3 is 2. The minimum atomic E-state index is -0.930. The smallest absolute Gasteiger partial charge is 0.356 e. The van der Waals surface area contributed by atoms with E-state index in [2.05, 4.69) is 6.07 Å². The number of benzene rings is 3. The third-order valence-corrected chi connectivity index (χ3v) is 5.93. The van der Waals surface area contributed by atoms with E-state index in [1.165, 1.54) is 0 Å². The predicted octanol–water partition coefficient (Wildman–Crippen LogP) is 3.67. The molecule has 3 aromatic carbocycles. The molecule has 2 heterocycles. The maximum absolute atomic E-state index is 12.8. The molecule has 0 radical (unpaired) electrons. The van der Waals surface area contributed by atoms with E-state index in [-0.39, 0.29) is 23.8 Å². The molecule has 0 spiro atoms. The van der Waals surface area contributed by atoms with Gasteiger partial charge in [-0.2, -0.15) is 5.26 Å². The lowest BCUT2D eigenvalue weighted by Gasteiger charge is -2.28.